The maximum atomic E-state index is 13.8. The van der Waals surface area contributed by atoms with Crippen LogP contribution in [0.15, 0.2) is 28.7 Å². The molecule has 11 nitrogen and oxygen atoms in total. The molecule has 0 spiro atoms. The number of ether oxygens (including phenoxy) is 1. The average molecular weight is 528 g/mol. The molecule has 0 saturated carbocycles. The van der Waals surface area contributed by atoms with Crippen molar-refractivity contribution in [1.29, 1.82) is 0 Å². The van der Waals surface area contributed by atoms with Gasteiger partial charge < -0.3 is 36.6 Å². The van der Waals surface area contributed by atoms with E-state index < -0.39 is 58.0 Å². The molecule has 1 aromatic carbocycles. The number of ketones is 2. The van der Waals surface area contributed by atoms with E-state index in [9.17, 15) is 34.8 Å². The summed E-state index contributed by atoms with van der Waals surface area (Å²) in [7, 11) is 1.50. The number of carbonyl (C=O) groups is 3. The average Bonchev–Trinajstić information content (AvgIpc) is 3.34. The summed E-state index contributed by atoms with van der Waals surface area (Å²) in [5, 5.41) is 44.2. The Kier molecular flexibility index (Phi) is 6.08. The Morgan fingerprint density at radius 1 is 1.24 bits per heavy atom. The number of aliphatic hydroxyl groups is 3. The van der Waals surface area contributed by atoms with Gasteiger partial charge in [-0.15, -0.1) is 0 Å². The van der Waals surface area contributed by atoms with E-state index in [1.165, 1.54) is 13.2 Å². The van der Waals surface area contributed by atoms with E-state index in [1.54, 1.807) is 0 Å². The Balaban J connectivity index is 1.67. The predicted molar refractivity (Wildman–Crippen MR) is 135 cm³/mol. The van der Waals surface area contributed by atoms with Crippen LogP contribution in [-0.4, -0.2) is 74.1 Å². The normalized spacial score (nSPS) is 31.4. The lowest BCUT2D eigenvalue weighted by atomic mass is 9.59. The first-order valence-corrected chi connectivity index (χ1v) is 12.8. The number of primary amides is 1. The Morgan fingerprint density at radius 3 is 2.53 bits per heavy atom. The van der Waals surface area contributed by atoms with Crippen molar-refractivity contribution in [1.82, 2.24) is 4.90 Å². The van der Waals surface area contributed by atoms with E-state index in [0.29, 0.717) is 11.3 Å². The minimum atomic E-state index is -2.73. The van der Waals surface area contributed by atoms with E-state index in [2.05, 4.69) is 18.7 Å². The highest BCUT2D eigenvalue weighted by Gasteiger charge is 2.62. The Bertz CT molecular complexity index is 1330. The zero-order chi connectivity index (χ0) is 27.8. The topological polar surface area (TPSA) is 197 Å². The Labute approximate surface area is 219 Å². The van der Waals surface area contributed by atoms with Crippen molar-refractivity contribution in [3.63, 3.8) is 0 Å². The van der Waals surface area contributed by atoms with Gasteiger partial charge in [-0.1, -0.05) is 0 Å². The number of Topliss-reactive ketones (excluding diaryl/α,β-unsaturated/α-hetero) is 2. The van der Waals surface area contributed by atoms with E-state index in [4.69, 9.17) is 16.2 Å². The third kappa shape index (κ3) is 3.35. The molecule has 38 heavy (non-hydrogen) atoms. The van der Waals surface area contributed by atoms with Gasteiger partial charge in [0.25, 0.3) is 5.91 Å². The molecule has 4 aliphatic rings. The van der Waals surface area contributed by atoms with Crippen molar-refractivity contribution < 1.29 is 39.5 Å². The van der Waals surface area contributed by atoms with Gasteiger partial charge in [0.15, 0.2) is 11.4 Å². The number of benzene rings is 1. The summed E-state index contributed by atoms with van der Waals surface area (Å²) in [6.07, 6.45) is 1.93. The second-order valence-electron chi connectivity index (χ2n) is 10.9. The van der Waals surface area contributed by atoms with Crippen LogP contribution in [0.4, 0.5) is 0 Å². The minimum Gasteiger partial charge on any atom is -0.510 e. The van der Waals surface area contributed by atoms with E-state index in [-0.39, 0.29) is 41.8 Å². The monoisotopic (exact) mass is 527 g/mol. The number of methoxy groups -OCH3 is 1. The van der Waals surface area contributed by atoms with E-state index in [0.717, 1.165) is 24.9 Å². The number of fused-ring (bicyclic) bond motifs is 3. The molecule has 204 valence electrons. The van der Waals surface area contributed by atoms with Crippen LogP contribution in [0.25, 0.3) is 0 Å². The maximum Gasteiger partial charge on any atom is 0.255 e. The Hall–Kier alpha value is -3.41. The van der Waals surface area contributed by atoms with Crippen molar-refractivity contribution in [3.05, 3.63) is 45.4 Å². The lowest BCUT2D eigenvalue weighted by Crippen LogP contribution is -2.63. The molecule has 1 amide bonds. The molecule has 1 aliphatic heterocycles. The third-order valence-corrected chi connectivity index (χ3v) is 8.75. The summed E-state index contributed by atoms with van der Waals surface area (Å²) in [5.41, 5.74) is 8.68. The van der Waals surface area contributed by atoms with Gasteiger partial charge in [0, 0.05) is 34.7 Å². The number of phenols is 1. The van der Waals surface area contributed by atoms with Crippen LogP contribution < -0.4 is 16.2 Å². The first-order chi connectivity index (χ1) is 17.9. The van der Waals surface area contributed by atoms with Crippen LogP contribution in [0, 0.1) is 11.8 Å². The van der Waals surface area contributed by atoms with Gasteiger partial charge in [0.2, 0.25) is 5.78 Å². The van der Waals surface area contributed by atoms with Crippen molar-refractivity contribution in [2.45, 2.75) is 63.3 Å². The van der Waals surface area contributed by atoms with Gasteiger partial charge in [-0.2, -0.15) is 0 Å². The highest BCUT2D eigenvalue weighted by atomic mass is 16.5. The number of hydrogen-bond donors (Lipinski definition) is 6. The zero-order valence-electron chi connectivity index (χ0n) is 21.5. The van der Waals surface area contributed by atoms with E-state index in [1.807, 2.05) is 0 Å². The predicted octanol–water partition coefficient (Wildman–Crippen LogP) is 1.07. The summed E-state index contributed by atoms with van der Waals surface area (Å²) < 4.78 is 5.82. The van der Waals surface area contributed by atoms with Crippen LogP contribution in [0.2, 0.25) is 0 Å². The smallest absolute Gasteiger partial charge is 0.255 e. The van der Waals surface area contributed by atoms with Crippen molar-refractivity contribution in [2.24, 2.45) is 23.3 Å². The summed E-state index contributed by atoms with van der Waals surface area (Å²) in [5.74, 6) is -6.82. The zero-order valence-corrected chi connectivity index (χ0v) is 21.5. The molecular weight excluding hydrogens is 494 g/mol. The van der Waals surface area contributed by atoms with Gasteiger partial charge in [0.05, 0.1) is 18.7 Å². The number of aliphatic hydroxyl groups excluding tert-OH is 2. The number of nitrogens with zero attached hydrogens (tertiary/aromatic N) is 1. The molecule has 8 N–H and O–H groups in total. The molecule has 1 saturated heterocycles. The molecule has 0 radical (unpaired) electrons. The Morgan fingerprint density at radius 2 is 1.92 bits per heavy atom. The van der Waals surface area contributed by atoms with Gasteiger partial charge in [-0.25, -0.2) is 0 Å². The minimum absolute atomic E-state index is 0.0169. The number of amides is 1. The largest absolute Gasteiger partial charge is 0.510 e. The van der Waals surface area contributed by atoms with Crippen molar-refractivity contribution in [2.75, 3.05) is 13.7 Å². The molecule has 3 aliphatic carbocycles. The fourth-order valence-electron chi connectivity index (χ4n) is 7.02. The quantitative estimate of drug-likeness (QED) is 0.308. The number of likely N-dealkylation sites (tertiary alicyclic amines) is 1. The number of carbonyl (C=O) groups excluding carboxylic acids is 3. The number of nitrogens with two attached hydrogens (primary N) is 2. The lowest BCUT2D eigenvalue weighted by molar-refractivity contribution is -0.145. The number of allylic oxidation sites excluding steroid dienone is 1. The van der Waals surface area contributed by atoms with Crippen molar-refractivity contribution >= 4 is 17.5 Å². The number of aromatic hydroxyl groups is 1. The number of hydrogen-bond acceptors (Lipinski definition) is 10. The molecule has 5 rings (SSSR count). The van der Waals surface area contributed by atoms with Gasteiger partial charge in [-0.05, 0) is 58.1 Å². The van der Waals surface area contributed by atoms with Gasteiger partial charge in [0.1, 0.15) is 28.6 Å². The summed E-state index contributed by atoms with van der Waals surface area (Å²) >= 11 is 0. The van der Waals surface area contributed by atoms with Crippen LogP contribution in [0.1, 0.15) is 60.6 Å². The molecular formula is C27H33N3O8. The lowest BCUT2D eigenvalue weighted by Gasteiger charge is -2.47. The van der Waals surface area contributed by atoms with Gasteiger partial charge >= 0.3 is 0 Å². The summed E-state index contributed by atoms with van der Waals surface area (Å²) in [6.45, 7) is 5.08. The third-order valence-electron chi connectivity index (χ3n) is 8.75. The summed E-state index contributed by atoms with van der Waals surface area (Å²) in [6, 6.07) is 0.370. The highest BCUT2D eigenvalue weighted by molar-refractivity contribution is 6.24. The standard InChI is InChI=1S/C27H33N3O8/c1-10(2)30-6-4-5-15(30)12-9-16(31)18-13(23(12)38-3)7-11-8-14-20(28)22(33)19(26(29)36)25(35)27(14,37)24(34)17(11)21(18)32/h9-11,14-15,20,31,33-34,37H,4-8,28H2,1-3H3,(H2,29,36)/t11-,14-,15-,20-,27-/m0/s1. The van der Waals surface area contributed by atoms with Gasteiger partial charge in [-0.3, -0.25) is 19.3 Å². The molecule has 1 aromatic rings. The number of phenolic OH excluding ortho intramolecular Hbond substituents is 1. The van der Waals surface area contributed by atoms with Crippen molar-refractivity contribution in [3.8, 4) is 11.5 Å². The summed E-state index contributed by atoms with van der Waals surface area (Å²) in [4.78, 5) is 41.1. The van der Waals surface area contributed by atoms with Crippen LogP contribution in [-0.2, 0) is 16.0 Å². The second kappa shape index (κ2) is 8.82. The van der Waals surface area contributed by atoms with E-state index >= 15 is 0 Å². The fraction of sp³-hybridized carbons (Fsp3) is 0.519. The SMILES string of the molecule is COc1c([C@@H]2CCCN2C(C)C)cc(O)c2c1C[C@H]1C[C@H]3[C@H](N)C(O)=C(C(N)=O)C(=O)[C@@]3(O)C(O)=C1C2=O. The maximum absolute atomic E-state index is 13.8. The fourth-order valence-corrected chi connectivity index (χ4v) is 7.02. The van der Waals surface area contributed by atoms with Crippen LogP contribution in [0.5, 0.6) is 11.5 Å². The molecule has 0 unspecified atom stereocenters. The second-order valence-corrected chi connectivity index (χ2v) is 10.9. The van der Waals surface area contributed by atoms with Crippen LogP contribution in [0.3, 0.4) is 0 Å². The molecule has 0 aromatic heterocycles. The first kappa shape index (κ1) is 26.2. The molecule has 1 heterocycles. The number of rotatable bonds is 4. The van der Waals surface area contributed by atoms with Crippen LogP contribution >= 0.6 is 0 Å². The first-order valence-electron chi connectivity index (χ1n) is 12.8. The molecule has 11 heteroatoms. The molecule has 0 bridgehead atoms. The molecule has 1 fully saturated rings. The molecule has 5 atom stereocenters. The highest BCUT2D eigenvalue weighted by Crippen LogP contribution is 2.53.